The Balaban J connectivity index is 1.48. The molecule has 1 aromatic carbocycles. The fourth-order valence-corrected chi connectivity index (χ4v) is 5.86. The van der Waals surface area contributed by atoms with Crippen molar-refractivity contribution in [1.29, 1.82) is 10.5 Å². The van der Waals surface area contributed by atoms with Crippen LogP contribution in [0.25, 0.3) is 21.7 Å². The molecule has 0 atom stereocenters. The maximum Gasteiger partial charge on any atom is 0.323 e. The van der Waals surface area contributed by atoms with E-state index in [0.717, 1.165) is 45.9 Å². The fraction of sp³-hybridized carbons (Fsp3) is 0.414. The van der Waals surface area contributed by atoms with Crippen LogP contribution in [0, 0.1) is 28.1 Å². The Morgan fingerprint density at radius 2 is 1.95 bits per heavy atom. The molecule has 0 radical (unpaired) electrons. The molecule has 3 aromatic rings. The van der Waals surface area contributed by atoms with E-state index < -0.39 is 0 Å². The summed E-state index contributed by atoms with van der Waals surface area (Å²) in [5.74, 6) is 0.278. The van der Waals surface area contributed by atoms with E-state index in [0.29, 0.717) is 49.8 Å². The summed E-state index contributed by atoms with van der Waals surface area (Å²) in [6.07, 6.45) is 2.94. The topological polar surface area (TPSA) is 115 Å². The molecule has 4 heterocycles. The van der Waals surface area contributed by atoms with Gasteiger partial charge in [0.15, 0.2) is 5.13 Å². The normalized spacial score (nSPS) is 16.8. The number of thiazole rings is 1. The minimum Gasteiger partial charge on any atom is -0.380 e. The average Bonchev–Trinajstić information content (AvgIpc) is 3.35. The highest BCUT2D eigenvalue weighted by Crippen LogP contribution is 2.41. The third kappa shape index (κ3) is 5.13. The first-order valence-electron chi connectivity index (χ1n) is 13.0. The van der Waals surface area contributed by atoms with Crippen molar-refractivity contribution in [3.8, 4) is 33.8 Å². The molecule has 9 heteroatoms. The second kappa shape index (κ2) is 10.9. The lowest BCUT2D eigenvalue weighted by atomic mass is 9.78. The number of nitriles is 2. The highest BCUT2D eigenvalue weighted by atomic mass is 32.1. The van der Waals surface area contributed by atoms with Crippen LogP contribution in [0.5, 0.6) is 0 Å². The van der Waals surface area contributed by atoms with Gasteiger partial charge in [0.05, 0.1) is 46.9 Å². The van der Waals surface area contributed by atoms with Crippen molar-refractivity contribution in [2.45, 2.75) is 45.4 Å². The van der Waals surface area contributed by atoms with Crippen LogP contribution < -0.4 is 5.32 Å². The van der Waals surface area contributed by atoms with Gasteiger partial charge >= 0.3 is 6.03 Å². The van der Waals surface area contributed by atoms with Crippen molar-refractivity contribution in [3.63, 3.8) is 0 Å². The zero-order valence-corrected chi connectivity index (χ0v) is 22.5. The van der Waals surface area contributed by atoms with Crippen molar-refractivity contribution in [1.82, 2.24) is 14.9 Å². The molecule has 8 nitrogen and oxygen atoms in total. The molecule has 1 N–H and O–H groups in total. The van der Waals surface area contributed by atoms with Crippen LogP contribution >= 0.6 is 11.3 Å². The highest BCUT2D eigenvalue weighted by Gasteiger charge is 2.35. The standard InChI is InChI=1S/C29H30N6O2S/c1-3-23-13-21(14-24(32-23)22-16-37-17-22)26-25(20-7-5-6-19(12-20)15-30)33-27(38-26)34-28(36)35-10-8-29(4-2,18-31)9-11-35/h5-7,12-14,22H,3-4,8-11,16-17H2,1-2H3,(H,33,34,36). The highest BCUT2D eigenvalue weighted by molar-refractivity contribution is 7.19. The van der Waals surface area contributed by atoms with E-state index in [4.69, 9.17) is 14.7 Å². The molecule has 2 fully saturated rings. The van der Waals surface area contributed by atoms with Crippen LogP contribution in [0.4, 0.5) is 9.93 Å². The van der Waals surface area contributed by atoms with Crippen LogP contribution in [0.2, 0.25) is 0 Å². The number of ether oxygens (including phenoxy) is 1. The number of nitrogens with zero attached hydrogens (tertiary/aromatic N) is 5. The van der Waals surface area contributed by atoms with E-state index in [1.165, 1.54) is 11.3 Å². The van der Waals surface area contributed by atoms with Crippen molar-refractivity contribution in [3.05, 3.63) is 53.3 Å². The zero-order chi connectivity index (χ0) is 26.7. The third-order valence-corrected chi connectivity index (χ3v) is 8.63. The van der Waals surface area contributed by atoms with Gasteiger partial charge in [-0.25, -0.2) is 9.78 Å². The number of hydrogen-bond donors (Lipinski definition) is 1. The van der Waals surface area contributed by atoms with Gasteiger partial charge < -0.3 is 9.64 Å². The van der Waals surface area contributed by atoms with Crippen LogP contribution in [-0.2, 0) is 11.2 Å². The maximum atomic E-state index is 13.2. The average molecular weight is 527 g/mol. The van der Waals surface area contributed by atoms with Gasteiger partial charge in [-0.2, -0.15) is 10.5 Å². The second-order valence-corrected chi connectivity index (χ2v) is 10.9. The number of benzene rings is 1. The predicted octanol–water partition coefficient (Wildman–Crippen LogP) is 5.97. The minimum absolute atomic E-state index is 0.207. The largest absolute Gasteiger partial charge is 0.380 e. The third-order valence-electron chi connectivity index (χ3n) is 7.61. The van der Waals surface area contributed by atoms with E-state index >= 15 is 0 Å². The number of rotatable bonds is 6. The number of likely N-dealkylation sites (tertiary alicyclic amines) is 1. The molecule has 0 bridgehead atoms. The van der Waals surface area contributed by atoms with Gasteiger partial charge in [-0.1, -0.05) is 37.3 Å². The number of aromatic nitrogens is 2. The summed E-state index contributed by atoms with van der Waals surface area (Å²) in [5, 5.41) is 22.6. The molecule has 2 aromatic heterocycles. The predicted molar refractivity (Wildman–Crippen MR) is 147 cm³/mol. The van der Waals surface area contributed by atoms with Gasteiger partial charge in [0, 0.05) is 36.0 Å². The molecule has 38 heavy (non-hydrogen) atoms. The first kappa shape index (κ1) is 25.8. The van der Waals surface area contributed by atoms with E-state index in [1.807, 2.05) is 25.1 Å². The van der Waals surface area contributed by atoms with E-state index in [9.17, 15) is 15.3 Å². The molecule has 194 valence electrons. The Kier molecular flexibility index (Phi) is 7.42. The molecule has 0 aliphatic carbocycles. The molecule has 2 aliphatic heterocycles. The number of amides is 2. The second-order valence-electron chi connectivity index (χ2n) is 9.91. The maximum absolute atomic E-state index is 13.2. The number of pyridine rings is 1. The van der Waals surface area contributed by atoms with Crippen LogP contribution in [0.3, 0.4) is 0 Å². The number of carbonyl (C=O) groups is 1. The monoisotopic (exact) mass is 526 g/mol. The summed E-state index contributed by atoms with van der Waals surface area (Å²) in [6.45, 7) is 6.54. The van der Waals surface area contributed by atoms with Crippen LogP contribution in [-0.4, -0.2) is 47.2 Å². The lowest BCUT2D eigenvalue weighted by molar-refractivity contribution is 0.00667. The van der Waals surface area contributed by atoms with Gasteiger partial charge in [-0.3, -0.25) is 10.3 Å². The van der Waals surface area contributed by atoms with Gasteiger partial charge in [0.25, 0.3) is 0 Å². The van der Waals surface area contributed by atoms with E-state index in [1.54, 1.807) is 11.0 Å². The van der Waals surface area contributed by atoms with Gasteiger partial charge in [-0.05, 0) is 55.5 Å². The van der Waals surface area contributed by atoms with Gasteiger partial charge in [-0.15, -0.1) is 0 Å². The number of aryl methyl sites for hydroxylation is 1. The van der Waals surface area contributed by atoms with Gasteiger partial charge in [0.2, 0.25) is 0 Å². The lowest BCUT2D eigenvalue weighted by Crippen LogP contribution is -2.44. The Morgan fingerprint density at radius 3 is 2.58 bits per heavy atom. The Morgan fingerprint density at radius 1 is 1.16 bits per heavy atom. The number of urea groups is 1. The molecular weight excluding hydrogens is 496 g/mol. The van der Waals surface area contributed by atoms with Crippen LogP contribution in [0.15, 0.2) is 36.4 Å². The van der Waals surface area contributed by atoms with E-state index in [2.05, 4.69) is 36.5 Å². The first-order chi connectivity index (χ1) is 18.5. The quantitative estimate of drug-likeness (QED) is 0.423. The number of anilines is 1. The van der Waals surface area contributed by atoms with Gasteiger partial charge in [0.1, 0.15) is 0 Å². The van der Waals surface area contributed by atoms with Crippen molar-refractivity contribution in [2.24, 2.45) is 5.41 Å². The Labute approximate surface area is 226 Å². The summed E-state index contributed by atoms with van der Waals surface area (Å²) in [6, 6.07) is 16.0. The molecular formula is C29H30N6O2S. The number of piperidine rings is 1. The number of nitrogens with one attached hydrogen (secondary N) is 1. The molecule has 2 amide bonds. The van der Waals surface area contributed by atoms with Crippen molar-refractivity contribution in [2.75, 3.05) is 31.6 Å². The Bertz CT molecular complexity index is 1420. The summed E-state index contributed by atoms with van der Waals surface area (Å²) in [4.78, 5) is 25.5. The summed E-state index contributed by atoms with van der Waals surface area (Å²) in [7, 11) is 0. The molecule has 2 aliphatic rings. The molecule has 0 unspecified atom stereocenters. The molecule has 2 saturated heterocycles. The molecule has 0 spiro atoms. The summed E-state index contributed by atoms with van der Waals surface area (Å²) in [5.41, 5.74) is 4.74. The molecule has 5 rings (SSSR count). The van der Waals surface area contributed by atoms with Crippen LogP contribution in [0.1, 0.15) is 56.0 Å². The SMILES string of the molecule is CCc1cc(-c2sc(NC(=O)N3CCC(C#N)(CC)CC3)nc2-c2cccc(C#N)c2)cc(C2COC2)n1. The van der Waals surface area contributed by atoms with Crippen molar-refractivity contribution < 1.29 is 9.53 Å². The molecule has 0 saturated carbocycles. The Hall–Kier alpha value is -3.79. The smallest absolute Gasteiger partial charge is 0.323 e. The number of hydrogen-bond acceptors (Lipinski definition) is 7. The summed E-state index contributed by atoms with van der Waals surface area (Å²) < 4.78 is 5.41. The minimum atomic E-state index is -0.342. The van der Waals surface area contributed by atoms with E-state index in [-0.39, 0.29) is 17.4 Å². The zero-order valence-electron chi connectivity index (χ0n) is 21.7. The fourth-order valence-electron chi connectivity index (χ4n) is 4.89. The summed E-state index contributed by atoms with van der Waals surface area (Å²) >= 11 is 1.42. The van der Waals surface area contributed by atoms with Crippen molar-refractivity contribution >= 4 is 22.5 Å². The first-order valence-corrected chi connectivity index (χ1v) is 13.9. The number of carbonyl (C=O) groups excluding carboxylic acids is 1. The lowest BCUT2D eigenvalue weighted by Gasteiger charge is -2.36.